The molecule has 0 unspecified atom stereocenters. The fraction of sp³-hybridized carbons (Fsp3) is 0.316. The molecule has 0 spiro atoms. The molecule has 6 nitrogen and oxygen atoms in total. The molecule has 25 heavy (non-hydrogen) atoms. The van der Waals surface area contributed by atoms with E-state index in [0.29, 0.717) is 22.8 Å². The average Bonchev–Trinajstić information content (AvgIpc) is 3.27. The van der Waals surface area contributed by atoms with Crippen LogP contribution in [0.2, 0.25) is 0 Å². The molecular weight excluding hydrogens is 316 g/mol. The quantitative estimate of drug-likeness (QED) is 0.794. The van der Waals surface area contributed by atoms with Crippen LogP contribution in [0.3, 0.4) is 0 Å². The molecule has 4 rings (SSSR count). The molecule has 2 aromatic heterocycles. The summed E-state index contributed by atoms with van der Waals surface area (Å²) in [7, 11) is 0. The number of anilines is 1. The zero-order chi connectivity index (χ0) is 17.6. The van der Waals surface area contributed by atoms with Crippen LogP contribution in [-0.2, 0) is 12.8 Å². The fourth-order valence-electron chi connectivity index (χ4n) is 3.45. The van der Waals surface area contributed by atoms with Crippen molar-refractivity contribution in [1.29, 1.82) is 0 Å². The summed E-state index contributed by atoms with van der Waals surface area (Å²) < 4.78 is 7.06. The van der Waals surface area contributed by atoms with Gasteiger partial charge >= 0.3 is 0 Å². The number of carbonyl (C=O) groups excluding carboxylic acids is 1. The maximum atomic E-state index is 12.8. The summed E-state index contributed by atoms with van der Waals surface area (Å²) in [5, 5.41) is 11.5. The maximum Gasteiger partial charge on any atom is 0.276 e. The third kappa shape index (κ3) is 2.54. The first-order valence-electron chi connectivity index (χ1n) is 8.47. The Morgan fingerprint density at radius 3 is 2.72 bits per heavy atom. The van der Waals surface area contributed by atoms with Crippen molar-refractivity contribution in [2.24, 2.45) is 0 Å². The van der Waals surface area contributed by atoms with Gasteiger partial charge in [-0.1, -0.05) is 23.4 Å². The molecule has 1 aliphatic carbocycles. The van der Waals surface area contributed by atoms with Crippen molar-refractivity contribution in [3.05, 3.63) is 58.2 Å². The number of hydrogen-bond acceptors (Lipinski definition) is 4. The monoisotopic (exact) mass is 336 g/mol. The lowest BCUT2D eigenvalue weighted by atomic mass is 10.1. The summed E-state index contributed by atoms with van der Waals surface area (Å²) in [5.41, 5.74) is 6.14. The molecular formula is C19H20N4O2. The minimum absolute atomic E-state index is 0.208. The third-order valence-electron chi connectivity index (χ3n) is 4.76. The molecule has 1 aromatic carbocycles. The van der Waals surface area contributed by atoms with E-state index in [0.717, 1.165) is 41.8 Å². The summed E-state index contributed by atoms with van der Waals surface area (Å²) in [5.74, 6) is 0.390. The Labute approximate surface area is 145 Å². The first-order valence-corrected chi connectivity index (χ1v) is 8.47. The summed E-state index contributed by atoms with van der Waals surface area (Å²) in [4.78, 5) is 12.8. The molecule has 1 N–H and O–H groups in total. The number of hydrogen-bond donors (Lipinski definition) is 1. The van der Waals surface area contributed by atoms with Gasteiger partial charge in [0.05, 0.1) is 5.69 Å². The van der Waals surface area contributed by atoms with Gasteiger partial charge in [-0.3, -0.25) is 4.79 Å². The molecule has 1 amide bonds. The molecule has 1 aliphatic rings. The summed E-state index contributed by atoms with van der Waals surface area (Å²) in [6.07, 6.45) is 2.87. The lowest BCUT2D eigenvalue weighted by molar-refractivity contribution is 0.102. The van der Waals surface area contributed by atoms with Gasteiger partial charge in [0, 0.05) is 11.3 Å². The second kappa shape index (κ2) is 5.88. The number of benzene rings is 1. The number of fused-ring (bicyclic) bond motifs is 1. The van der Waals surface area contributed by atoms with E-state index in [1.54, 1.807) is 6.92 Å². The van der Waals surface area contributed by atoms with Crippen molar-refractivity contribution >= 4 is 11.6 Å². The maximum absolute atomic E-state index is 12.8. The molecule has 0 atom stereocenters. The van der Waals surface area contributed by atoms with Crippen LogP contribution in [0.15, 0.2) is 28.8 Å². The first-order chi connectivity index (χ1) is 12.1. The van der Waals surface area contributed by atoms with Crippen molar-refractivity contribution in [2.75, 3.05) is 5.32 Å². The van der Waals surface area contributed by atoms with Crippen LogP contribution in [0.25, 0.3) is 5.69 Å². The van der Waals surface area contributed by atoms with Crippen LogP contribution < -0.4 is 5.32 Å². The van der Waals surface area contributed by atoms with E-state index in [2.05, 4.69) is 28.6 Å². The Bertz CT molecular complexity index is 948. The van der Waals surface area contributed by atoms with Crippen LogP contribution >= 0.6 is 0 Å². The Balaban J connectivity index is 1.75. The number of nitrogens with one attached hydrogen (secondary N) is 1. The molecule has 6 heteroatoms. The van der Waals surface area contributed by atoms with Gasteiger partial charge in [0.15, 0.2) is 11.5 Å². The topological polar surface area (TPSA) is 73.0 Å². The normalized spacial score (nSPS) is 13.1. The van der Waals surface area contributed by atoms with Gasteiger partial charge in [0.25, 0.3) is 5.91 Å². The Morgan fingerprint density at radius 2 is 2.00 bits per heavy atom. The van der Waals surface area contributed by atoms with Gasteiger partial charge < -0.3 is 9.84 Å². The lowest BCUT2D eigenvalue weighted by Crippen LogP contribution is -2.16. The van der Waals surface area contributed by atoms with E-state index in [-0.39, 0.29) is 5.91 Å². The molecule has 0 saturated carbocycles. The van der Waals surface area contributed by atoms with Crippen LogP contribution in [0, 0.1) is 20.8 Å². The van der Waals surface area contributed by atoms with Crippen molar-refractivity contribution in [1.82, 2.24) is 14.9 Å². The van der Waals surface area contributed by atoms with E-state index in [4.69, 9.17) is 4.52 Å². The molecule has 0 saturated heterocycles. The predicted molar refractivity (Wildman–Crippen MR) is 94.3 cm³/mol. The van der Waals surface area contributed by atoms with Crippen LogP contribution in [0.1, 0.15) is 45.2 Å². The van der Waals surface area contributed by atoms with E-state index in [1.807, 2.05) is 29.8 Å². The molecule has 2 heterocycles. The number of aryl methyl sites for hydroxylation is 3. The SMILES string of the molecule is Cc1ccccc1-n1nc(C(=O)Nc2c(C)noc2C)c2c1CCC2. The highest BCUT2D eigenvalue weighted by Gasteiger charge is 2.28. The number of amides is 1. The van der Waals surface area contributed by atoms with E-state index in [1.165, 1.54) is 0 Å². The second-order valence-electron chi connectivity index (χ2n) is 6.48. The Kier molecular flexibility index (Phi) is 3.67. The molecule has 0 aliphatic heterocycles. The van der Waals surface area contributed by atoms with Crippen LogP contribution in [-0.4, -0.2) is 20.8 Å². The molecule has 128 valence electrons. The van der Waals surface area contributed by atoms with Gasteiger partial charge in [0.1, 0.15) is 11.4 Å². The van der Waals surface area contributed by atoms with Crippen molar-refractivity contribution in [3.8, 4) is 5.69 Å². The lowest BCUT2D eigenvalue weighted by Gasteiger charge is -2.08. The zero-order valence-electron chi connectivity index (χ0n) is 14.6. The number of carbonyl (C=O) groups is 1. The average molecular weight is 336 g/mol. The minimum atomic E-state index is -0.208. The first kappa shape index (κ1) is 15.6. The highest BCUT2D eigenvalue weighted by molar-refractivity contribution is 6.04. The predicted octanol–water partition coefficient (Wildman–Crippen LogP) is 3.53. The standard InChI is InChI=1S/C19H20N4O2/c1-11-7-4-5-9-15(11)23-16-10-6-8-14(16)18(21-23)19(24)20-17-12(2)22-25-13(17)3/h4-5,7,9H,6,8,10H2,1-3H3,(H,20,24). The molecule has 0 radical (unpaired) electrons. The van der Waals surface area contributed by atoms with E-state index in [9.17, 15) is 4.79 Å². The van der Waals surface area contributed by atoms with Crippen molar-refractivity contribution < 1.29 is 9.32 Å². The molecule has 0 bridgehead atoms. The van der Waals surface area contributed by atoms with Crippen LogP contribution in [0.4, 0.5) is 5.69 Å². The van der Waals surface area contributed by atoms with Gasteiger partial charge in [-0.05, 0) is 51.7 Å². The Morgan fingerprint density at radius 1 is 1.20 bits per heavy atom. The largest absolute Gasteiger partial charge is 0.359 e. The number of nitrogens with zero attached hydrogens (tertiary/aromatic N) is 3. The van der Waals surface area contributed by atoms with E-state index < -0.39 is 0 Å². The van der Waals surface area contributed by atoms with Gasteiger partial charge in [-0.25, -0.2) is 4.68 Å². The highest BCUT2D eigenvalue weighted by Crippen LogP contribution is 2.30. The van der Waals surface area contributed by atoms with Crippen molar-refractivity contribution in [2.45, 2.75) is 40.0 Å². The molecule has 3 aromatic rings. The Hall–Kier alpha value is -2.89. The van der Waals surface area contributed by atoms with Crippen molar-refractivity contribution in [3.63, 3.8) is 0 Å². The number of para-hydroxylation sites is 1. The number of rotatable bonds is 3. The fourth-order valence-corrected chi connectivity index (χ4v) is 3.45. The van der Waals surface area contributed by atoms with Gasteiger partial charge in [-0.15, -0.1) is 0 Å². The van der Waals surface area contributed by atoms with Crippen LogP contribution in [0.5, 0.6) is 0 Å². The highest BCUT2D eigenvalue weighted by atomic mass is 16.5. The second-order valence-corrected chi connectivity index (χ2v) is 6.48. The van der Waals surface area contributed by atoms with Gasteiger partial charge in [0.2, 0.25) is 0 Å². The number of aromatic nitrogens is 3. The summed E-state index contributed by atoms with van der Waals surface area (Å²) in [6.45, 7) is 5.65. The molecule has 0 fully saturated rings. The van der Waals surface area contributed by atoms with E-state index >= 15 is 0 Å². The summed E-state index contributed by atoms with van der Waals surface area (Å²) in [6, 6.07) is 8.10. The van der Waals surface area contributed by atoms with Gasteiger partial charge in [-0.2, -0.15) is 5.10 Å². The zero-order valence-corrected chi connectivity index (χ0v) is 14.6. The minimum Gasteiger partial charge on any atom is -0.359 e. The smallest absolute Gasteiger partial charge is 0.276 e. The summed E-state index contributed by atoms with van der Waals surface area (Å²) >= 11 is 0. The third-order valence-corrected chi connectivity index (χ3v) is 4.76.